The van der Waals surface area contributed by atoms with E-state index in [-0.39, 0.29) is 17.1 Å². The van der Waals surface area contributed by atoms with Gasteiger partial charge in [-0.2, -0.15) is 9.78 Å². The number of hydrogen-bond acceptors (Lipinski definition) is 7. The molecular formula is C28H20BrN3O5. The summed E-state index contributed by atoms with van der Waals surface area (Å²) in [4.78, 5) is 30.4. The van der Waals surface area contributed by atoms with Crippen molar-refractivity contribution < 1.29 is 18.7 Å². The molecule has 0 radical (unpaired) electrons. The molecule has 2 aromatic heterocycles. The second kappa shape index (κ2) is 10.6. The molecule has 0 aliphatic carbocycles. The molecule has 0 unspecified atom stereocenters. The lowest BCUT2D eigenvalue weighted by atomic mass is 10.2. The van der Waals surface area contributed by atoms with Crippen molar-refractivity contribution in [3.8, 4) is 22.9 Å². The van der Waals surface area contributed by atoms with Crippen molar-refractivity contribution in [1.29, 1.82) is 0 Å². The van der Waals surface area contributed by atoms with E-state index in [0.717, 1.165) is 10.0 Å². The number of carbonyl (C=O) groups excluding carboxylic acids is 1. The molecular weight excluding hydrogens is 538 g/mol. The van der Waals surface area contributed by atoms with Gasteiger partial charge in [0.05, 0.1) is 30.0 Å². The standard InChI is InChI=1S/C28H20BrN3O5/c1-2-35-25-16-18(9-14-23(25)37-28(34)24-8-5-15-36-24)17-30-32-26(19-10-12-20(29)13-11-19)31-22-7-4-3-6-21(22)27(32)33/h3-17H,2H2,1H3. The molecule has 184 valence electrons. The van der Waals surface area contributed by atoms with Crippen LogP contribution in [-0.2, 0) is 0 Å². The highest BCUT2D eigenvalue weighted by molar-refractivity contribution is 9.10. The molecule has 5 aromatic rings. The molecule has 0 saturated heterocycles. The lowest BCUT2D eigenvalue weighted by Crippen LogP contribution is -2.20. The van der Waals surface area contributed by atoms with Crippen LogP contribution in [0.1, 0.15) is 23.0 Å². The summed E-state index contributed by atoms with van der Waals surface area (Å²) in [6.45, 7) is 2.18. The van der Waals surface area contributed by atoms with Crippen molar-refractivity contribution in [2.24, 2.45) is 5.10 Å². The molecule has 3 aromatic carbocycles. The second-order valence-electron chi connectivity index (χ2n) is 7.83. The average Bonchev–Trinajstić information content (AvgIpc) is 3.45. The van der Waals surface area contributed by atoms with Gasteiger partial charge in [0.25, 0.3) is 5.56 Å². The number of benzene rings is 3. The number of furan rings is 1. The minimum atomic E-state index is -0.639. The highest BCUT2D eigenvalue weighted by atomic mass is 79.9. The van der Waals surface area contributed by atoms with E-state index in [1.165, 1.54) is 23.2 Å². The van der Waals surface area contributed by atoms with Crippen LogP contribution < -0.4 is 15.0 Å². The van der Waals surface area contributed by atoms with Gasteiger partial charge in [0.15, 0.2) is 17.3 Å². The Labute approximate surface area is 219 Å². The maximum atomic E-state index is 13.4. The summed E-state index contributed by atoms with van der Waals surface area (Å²) in [5, 5.41) is 4.94. The first-order valence-electron chi connectivity index (χ1n) is 11.4. The van der Waals surface area contributed by atoms with Gasteiger partial charge in [-0.05, 0) is 67.1 Å². The first kappa shape index (κ1) is 24.2. The maximum Gasteiger partial charge on any atom is 0.379 e. The summed E-state index contributed by atoms with van der Waals surface area (Å²) in [6.07, 6.45) is 2.92. The number of halogens is 1. The van der Waals surface area contributed by atoms with Crippen LogP contribution in [-0.4, -0.2) is 28.5 Å². The largest absolute Gasteiger partial charge is 0.490 e. The fraction of sp³-hybridized carbons (Fsp3) is 0.0714. The summed E-state index contributed by atoms with van der Waals surface area (Å²) < 4.78 is 18.4. The smallest absolute Gasteiger partial charge is 0.379 e. The van der Waals surface area contributed by atoms with Crippen molar-refractivity contribution in [3.63, 3.8) is 0 Å². The van der Waals surface area contributed by atoms with Gasteiger partial charge in [-0.15, -0.1) is 0 Å². The number of esters is 1. The molecule has 2 heterocycles. The number of fused-ring (bicyclic) bond motifs is 1. The first-order chi connectivity index (χ1) is 18.0. The molecule has 0 atom stereocenters. The van der Waals surface area contributed by atoms with Crippen LogP contribution in [0.25, 0.3) is 22.3 Å². The topological polar surface area (TPSA) is 95.9 Å². The highest BCUT2D eigenvalue weighted by Crippen LogP contribution is 2.29. The van der Waals surface area contributed by atoms with Gasteiger partial charge in [0.1, 0.15) is 0 Å². The average molecular weight is 558 g/mol. The summed E-state index contributed by atoms with van der Waals surface area (Å²) in [5.74, 6) is 0.433. The highest BCUT2D eigenvalue weighted by Gasteiger charge is 2.16. The van der Waals surface area contributed by atoms with Crippen molar-refractivity contribution in [2.75, 3.05) is 6.61 Å². The number of carbonyl (C=O) groups is 1. The van der Waals surface area contributed by atoms with Gasteiger partial charge in [-0.1, -0.05) is 40.2 Å². The molecule has 0 spiro atoms. The van der Waals surface area contributed by atoms with E-state index in [0.29, 0.717) is 34.6 Å². The zero-order chi connectivity index (χ0) is 25.8. The van der Waals surface area contributed by atoms with E-state index in [1.54, 1.807) is 42.5 Å². The number of para-hydroxylation sites is 1. The van der Waals surface area contributed by atoms with Crippen LogP contribution >= 0.6 is 15.9 Å². The van der Waals surface area contributed by atoms with Crippen molar-refractivity contribution in [2.45, 2.75) is 6.92 Å². The Morgan fingerprint density at radius 2 is 1.86 bits per heavy atom. The van der Waals surface area contributed by atoms with Gasteiger partial charge < -0.3 is 13.9 Å². The quantitative estimate of drug-likeness (QED) is 0.140. The molecule has 0 aliphatic rings. The van der Waals surface area contributed by atoms with Gasteiger partial charge in [-0.25, -0.2) is 9.78 Å². The summed E-state index contributed by atoms with van der Waals surface area (Å²) in [7, 11) is 0. The third-order valence-corrected chi connectivity index (χ3v) is 5.90. The van der Waals surface area contributed by atoms with E-state index in [2.05, 4.69) is 21.0 Å². The molecule has 5 rings (SSSR count). The third kappa shape index (κ3) is 5.22. The lowest BCUT2D eigenvalue weighted by Gasteiger charge is -2.11. The van der Waals surface area contributed by atoms with Crippen LogP contribution in [0.5, 0.6) is 11.5 Å². The van der Waals surface area contributed by atoms with Crippen molar-refractivity contribution in [1.82, 2.24) is 9.66 Å². The Morgan fingerprint density at radius 3 is 2.62 bits per heavy atom. The van der Waals surface area contributed by atoms with E-state index in [4.69, 9.17) is 18.9 Å². The summed E-state index contributed by atoms with van der Waals surface area (Å²) in [5.41, 5.74) is 1.65. The predicted molar refractivity (Wildman–Crippen MR) is 143 cm³/mol. The zero-order valence-corrected chi connectivity index (χ0v) is 21.2. The van der Waals surface area contributed by atoms with E-state index >= 15 is 0 Å². The van der Waals surface area contributed by atoms with Gasteiger partial charge >= 0.3 is 5.97 Å². The Bertz CT molecular complexity index is 1660. The molecule has 0 N–H and O–H groups in total. The lowest BCUT2D eigenvalue weighted by molar-refractivity contribution is 0.0695. The Morgan fingerprint density at radius 1 is 1.05 bits per heavy atom. The Kier molecular flexibility index (Phi) is 6.96. The fourth-order valence-corrected chi connectivity index (χ4v) is 3.91. The molecule has 0 saturated carbocycles. The molecule has 0 aliphatic heterocycles. The van der Waals surface area contributed by atoms with E-state index in [1.807, 2.05) is 37.3 Å². The fourth-order valence-electron chi connectivity index (χ4n) is 3.64. The zero-order valence-electron chi connectivity index (χ0n) is 19.6. The normalized spacial score (nSPS) is 11.2. The number of hydrogen-bond donors (Lipinski definition) is 0. The third-order valence-electron chi connectivity index (χ3n) is 5.37. The minimum absolute atomic E-state index is 0.0803. The molecule has 0 fully saturated rings. The SMILES string of the molecule is CCOc1cc(C=Nn2c(-c3ccc(Br)cc3)nc3ccccc3c2=O)ccc1OC(=O)c1ccco1. The van der Waals surface area contributed by atoms with Crippen LogP contribution in [0.15, 0.2) is 104 Å². The molecule has 0 amide bonds. The number of ether oxygens (including phenoxy) is 2. The van der Waals surface area contributed by atoms with Gasteiger partial charge in [0, 0.05) is 10.0 Å². The van der Waals surface area contributed by atoms with Gasteiger partial charge in [-0.3, -0.25) is 4.79 Å². The van der Waals surface area contributed by atoms with Crippen LogP contribution in [0.3, 0.4) is 0 Å². The summed E-state index contributed by atoms with van der Waals surface area (Å²) >= 11 is 3.44. The molecule has 9 heteroatoms. The molecule has 37 heavy (non-hydrogen) atoms. The van der Waals surface area contributed by atoms with Gasteiger partial charge in [0.2, 0.25) is 5.76 Å². The number of nitrogens with zero attached hydrogens (tertiary/aromatic N) is 3. The van der Waals surface area contributed by atoms with Crippen molar-refractivity contribution in [3.05, 3.63) is 111 Å². The van der Waals surface area contributed by atoms with E-state index < -0.39 is 5.97 Å². The number of aromatic nitrogens is 2. The van der Waals surface area contributed by atoms with Crippen LogP contribution in [0.2, 0.25) is 0 Å². The molecule has 8 nitrogen and oxygen atoms in total. The number of rotatable bonds is 7. The summed E-state index contributed by atoms with van der Waals surface area (Å²) in [6, 6.07) is 22.7. The van der Waals surface area contributed by atoms with Crippen LogP contribution in [0, 0.1) is 0 Å². The van der Waals surface area contributed by atoms with E-state index in [9.17, 15) is 9.59 Å². The monoisotopic (exact) mass is 557 g/mol. The van der Waals surface area contributed by atoms with Crippen LogP contribution in [0.4, 0.5) is 0 Å². The Balaban J connectivity index is 1.54. The second-order valence-corrected chi connectivity index (χ2v) is 8.74. The minimum Gasteiger partial charge on any atom is -0.490 e. The predicted octanol–water partition coefficient (Wildman–Crippen LogP) is 5.92. The molecule has 0 bridgehead atoms. The Hall–Kier alpha value is -4.50. The van der Waals surface area contributed by atoms with Crippen molar-refractivity contribution >= 4 is 39.0 Å². The first-order valence-corrected chi connectivity index (χ1v) is 12.2. The maximum absolute atomic E-state index is 13.4.